The normalized spacial score (nSPS) is 13.7. The Kier molecular flexibility index (Phi) is 1.35. The zero-order chi connectivity index (χ0) is 7.84. The van der Waals surface area contributed by atoms with Gasteiger partial charge in [0, 0.05) is 4.47 Å². The van der Waals surface area contributed by atoms with E-state index in [1.165, 1.54) is 0 Å². The first-order chi connectivity index (χ1) is 5.25. The van der Waals surface area contributed by atoms with Gasteiger partial charge in [-0.15, -0.1) is 0 Å². The van der Waals surface area contributed by atoms with Crippen molar-refractivity contribution in [1.82, 2.24) is 5.32 Å². The lowest BCUT2D eigenvalue weighted by Gasteiger charge is -1.92. The monoisotopic (exact) mass is 212 g/mol. The summed E-state index contributed by atoms with van der Waals surface area (Å²) < 4.78 is 5.62. The molecule has 0 N–H and O–H groups in total. The number of carbonyl (C=O) groups excluding carboxylic acids is 1. The smallest absolute Gasteiger partial charge is 0.406 e. The number of nitrogens with zero attached hydrogens (tertiary/aromatic N) is 1. The molecule has 0 aliphatic carbocycles. The highest BCUT2D eigenvalue weighted by atomic mass is 79.9. The van der Waals surface area contributed by atoms with Crippen molar-refractivity contribution >= 4 is 27.7 Å². The van der Waals surface area contributed by atoms with Crippen LogP contribution in [0.3, 0.4) is 0 Å². The van der Waals surface area contributed by atoms with Crippen LogP contribution in [-0.4, -0.2) is 6.09 Å². The number of ether oxygens (including phenoxy) is 1. The van der Waals surface area contributed by atoms with E-state index in [0.717, 1.165) is 4.47 Å². The summed E-state index contributed by atoms with van der Waals surface area (Å²) in [5, 5.41) is 3.62. The number of rotatable bonds is 0. The summed E-state index contributed by atoms with van der Waals surface area (Å²) in [6, 6.07) is 5.24. The molecule has 1 amide bonds. The molecule has 0 fully saturated rings. The molecule has 0 spiro atoms. The van der Waals surface area contributed by atoms with Crippen LogP contribution in [0, 0.1) is 0 Å². The van der Waals surface area contributed by atoms with Gasteiger partial charge in [-0.3, -0.25) is 0 Å². The van der Waals surface area contributed by atoms with Gasteiger partial charge < -0.3 is 4.74 Å². The van der Waals surface area contributed by atoms with Crippen molar-refractivity contribution in [1.29, 1.82) is 0 Å². The highest BCUT2D eigenvalue weighted by Crippen LogP contribution is 2.32. The summed E-state index contributed by atoms with van der Waals surface area (Å²) in [7, 11) is 0. The average Bonchev–Trinajstić information content (AvgIpc) is 2.27. The fourth-order valence-corrected chi connectivity index (χ4v) is 1.23. The lowest BCUT2D eigenvalue weighted by atomic mass is 10.3. The molecule has 3 nitrogen and oxygen atoms in total. The molecule has 4 heteroatoms. The van der Waals surface area contributed by atoms with Crippen LogP contribution >= 0.6 is 15.9 Å². The lowest BCUT2D eigenvalue weighted by Crippen LogP contribution is -2.05. The van der Waals surface area contributed by atoms with Gasteiger partial charge in [-0.25, -0.2) is 4.79 Å². The van der Waals surface area contributed by atoms with Crippen LogP contribution in [0.2, 0.25) is 0 Å². The zero-order valence-corrected chi connectivity index (χ0v) is 6.96. The third kappa shape index (κ3) is 1.09. The molecular weight excluding hydrogens is 210 g/mol. The first kappa shape index (κ1) is 6.67. The van der Waals surface area contributed by atoms with Crippen LogP contribution in [0.15, 0.2) is 22.7 Å². The molecule has 0 saturated heterocycles. The third-order valence-electron chi connectivity index (χ3n) is 1.33. The van der Waals surface area contributed by atoms with Crippen molar-refractivity contribution in [3.05, 3.63) is 22.7 Å². The summed E-state index contributed by atoms with van der Waals surface area (Å²) in [4.78, 5) is 10.6. The van der Waals surface area contributed by atoms with Crippen LogP contribution in [0.4, 0.5) is 10.5 Å². The van der Waals surface area contributed by atoms with E-state index >= 15 is 0 Å². The molecule has 1 heterocycles. The van der Waals surface area contributed by atoms with Crippen molar-refractivity contribution in [2.75, 3.05) is 0 Å². The van der Waals surface area contributed by atoms with Gasteiger partial charge in [0.05, 0.1) is 0 Å². The van der Waals surface area contributed by atoms with E-state index in [4.69, 9.17) is 4.74 Å². The zero-order valence-electron chi connectivity index (χ0n) is 5.37. The van der Waals surface area contributed by atoms with Crippen molar-refractivity contribution in [2.45, 2.75) is 0 Å². The molecular formula is C7H3BrNO2. The van der Waals surface area contributed by atoms with Gasteiger partial charge in [0.1, 0.15) is 5.69 Å². The molecule has 1 aliphatic rings. The van der Waals surface area contributed by atoms with Crippen molar-refractivity contribution in [2.24, 2.45) is 0 Å². The Hall–Kier alpha value is -1.03. The maximum Gasteiger partial charge on any atom is 0.439 e. The Balaban J connectivity index is 2.51. The quantitative estimate of drug-likeness (QED) is 0.662. The molecule has 1 aromatic rings. The van der Waals surface area contributed by atoms with Gasteiger partial charge in [0.25, 0.3) is 0 Å². The fraction of sp³-hybridized carbons (Fsp3) is 0. The van der Waals surface area contributed by atoms with E-state index in [-0.39, 0.29) is 0 Å². The second-order valence-corrected chi connectivity index (χ2v) is 3.01. The maximum absolute atomic E-state index is 10.6. The van der Waals surface area contributed by atoms with E-state index in [0.29, 0.717) is 11.4 Å². The maximum atomic E-state index is 10.6. The van der Waals surface area contributed by atoms with Crippen LogP contribution in [-0.2, 0) is 0 Å². The Labute approximate surface area is 71.5 Å². The highest BCUT2D eigenvalue weighted by molar-refractivity contribution is 9.10. The summed E-state index contributed by atoms with van der Waals surface area (Å²) in [6.07, 6.45) is -0.543. The number of hydrogen-bond donors (Lipinski definition) is 0. The van der Waals surface area contributed by atoms with Gasteiger partial charge in [-0.2, -0.15) is 5.32 Å². The van der Waals surface area contributed by atoms with Gasteiger partial charge in [-0.1, -0.05) is 15.9 Å². The number of benzene rings is 1. The number of halogens is 1. The highest BCUT2D eigenvalue weighted by Gasteiger charge is 2.20. The Morgan fingerprint density at radius 1 is 1.45 bits per heavy atom. The Morgan fingerprint density at radius 3 is 3.09 bits per heavy atom. The van der Waals surface area contributed by atoms with Crippen LogP contribution < -0.4 is 10.1 Å². The molecule has 55 valence electrons. The van der Waals surface area contributed by atoms with Crippen LogP contribution in [0.5, 0.6) is 5.75 Å². The topological polar surface area (TPSA) is 40.4 Å². The van der Waals surface area contributed by atoms with Crippen molar-refractivity contribution in [3.8, 4) is 5.75 Å². The predicted octanol–water partition coefficient (Wildman–Crippen LogP) is 2.20. The van der Waals surface area contributed by atoms with E-state index < -0.39 is 6.09 Å². The molecule has 2 rings (SSSR count). The third-order valence-corrected chi connectivity index (χ3v) is 1.82. The average molecular weight is 213 g/mol. The first-order valence-corrected chi connectivity index (χ1v) is 3.78. The number of amides is 1. The summed E-state index contributed by atoms with van der Waals surface area (Å²) in [6.45, 7) is 0. The van der Waals surface area contributed by atoms with Crippen LogP contribution in [0.25, 0.3) is 0 Å². The van der Waals surface area contributed by atoms with Crippen LogP contribution in [0.1, 0.15) is 0 Å². The second-order valence-electron chi connectivity index (χ2n) is 2.09. The molecule has 0 unspecified atom stereocenters. The summed E-state index contributed by atoms with van der Waals surface area (Å²) in [5.74, 6) is 0.526. The molecule has 0 atom stereocenters. The van der Waals surface area contributed by atoms with Gasteiger partial charge in [0.2, 0.25) is 0 Å². The predicted molar refractivity (Wildman–Crippen MR) is 42.0 cm³/mol. The van der Waals surface area contributed by atoms with Gasteiger partial charge >= 0.3 is 6.09 Å². The number of carbonyl (C=O) groups is 1. The number of hydrogen-bond acceptors (Lipinski definition) is 2. The molecule has 1 aliphatic heterocycles. The van der Waals surface area contributed by atoms with Gasteiger partial charge in [0.15, 0.2) is 5.75 Å². The minimum Gasteiger partial charge on any atom is -0.406 e. The molecule has 0 bridgehead atoms. The molecule has 1 radical (unpaired) electrons. The summed E-state index contributed by atoms with van der Waals surface area (Å²) in [5.41, 5.74) is 0.587. The van der Waals surface area contributed by atoms with E-state index in [1.807, 2.05) is 0 Å². The lowest BCUT2D eigenvalue weighted by molar-refractivity contribution is 0.211. The SMILES string of the molecule is O=C1[N]c2cc(Br)ccc2O1. The molecule has 1 aromatic carbocycles. The molecule has 11 heavy (non-hydrogen) atoms. The van der Waals surface area contributed by atoms with Gasteiger partial charge in [-0.05, 0) is 18.2 Å². The van der Waals surface area contributed by atoms with Crippen molar-refractivity contribution in [3.63, 3.8) is 0 Å². The number of fused-ring (bicyclic) bond motifs is 1. The largest absolute Gasteiger partial charge is 0.439 e. The second kappa shape index (κ2) is 2.23. The standard InChI is InChI=1S/C7H3BrNO2/c8-4-1-2-6-5(3-4)9-7(10)11-6/h1-3H. The minimum atomic E-state index is -0.543. The Morgan fingerprint density at radius 2 is 2.27 bits per heavy atom. The Bertz CT molecular complexity index is 324. The fourth-order valence-electron chi connectivity index (χ4n) is 0.879. The van der Waals surface area contributed by atoms with E-state index in [9.17, 15) is 4.79 Å². The first-order valence-electron chi connectivity index (χ1n) is 2.99. The van der Waals surface area contributed by atoms with E-state index in [1.54, 1.807) is 18.2 Å². The van der Waals surface area contributed by atoms with Crippen molar-refractivity contribution < 1.29 is 9.53 Å². The summed E-state index contributed by atoms with van der Waals surface area (Å²) >= 11 is 3.26. The minimum absolute atomic E-state index is 0.526. The van der Waals surface area contributed by atoms with E-state index in [2.05, 4.69) is 21.2 Å². The molecule has 0 saturated carbocycles. The molecule has 0 aromatic heterocycles.